The van der Waals surface area contributed by atoms with Gasteiger partial charge in [0, 0.05) is 70.6 Å². The topological polar surface area (TPSA) is 70.6 Å². The van der Waals surface area contributed by atoms with Gasteiger partial charge in [-0.2, -0.15) is 0 Å². The van der Waals surface area contributed by atoms with Crippen molar-refractivity contribution in [2.75, 3.05) is 57.3 Å². The normalized spacial score (nSPS) is 26.6. The molecule has 2 atom stereocenters. The molecule has 10 heteroatoms. The van der Waals surface area contributed by atoms with Crippen LogP contribution in [0.15, 0.2) is 18.3 Å². The molecule has 3 saturated heterocycles. The third kappa shape index (κ3) is 6.63. The standard InChI is InChI=1S/C28H48BN5O4/c1-21-19-33(24-18-23(10-11-30-24)29-37-27(6,7)28(8,9)38-29)20-22(2)34(21)17-14-31-12-15-32(16-13-31)25(35)36-26(3,4)5/h10-11,18,21-22H,12-17,19-20H2,1-9H3/t21-,22+. The predicted octanol–water partition coefficient (Wildman–Crippen LogP) is 2.83. The van der Waals surface area contributed by atoms with E-state index in [1.807, 2.05) is 37.9 Å². The molecule has 1 aromatic heterocycles. The number of ether oxygens (including phenoxy) is 1. The average Bonchev–Trinajstić information content (AvgIpc) is 3.04. The maximum absolute atomic E-state index is 12.4. The highest BCUT2D eigenvalue weighted by Gasteiger charge is 2.51. The first kappa shape index (κ1) is 29.1. The van der Waals surface area contributed by atoms with Crippen LogP contribution in [0, 0.1) is 0 Å². The minimum Gasteiger partial charge on any atom is -0.444 e. The Morgan fingerprint density at radius 3 is 2.16 bits per heavy atom. The van der Waals surface area contributed by atoms with Gasteiger partial charge in [0.05, 0.1) is 11.2 Å². The molecule has 4 rings (SSSR count). The monoisotopic (exact) mass is 529 g/mol. The van der Waals surface area contributed by atoms with Gasteiger partial charge in [-0.25, -0.2) is 9.78 Å². The van der Waals surface area contributed by atoms with Crippen LogP contribution in [0.3, 0.4) is 0 Å². The van der Waals surface area contributed by atoms with Crippen LogP contribution in [0.2, 0.25) is 0 Å². The van der Waals surface area contributed by atoms with Crippen molar-refractivity contribution in [3.8, 4) is 0 Å². The van der Waals surface area contributed by atoms with Gasteiger partial charge in [0.15, 0.2) is 0 Å². The SMILES string of the molecule is C[C@@H]1CN(c2cc(B3OC(C)(C)C(C)(C)O3)ccn2)C[C@H](C)N1CCN1CCN(C(=O)OC(C)(C)C)CC1. The highest BCUT2D eigenvalue weighted by atomic mass is 16.7. The van der Waals surface area contributed by atoms with E-state index in [-0.39, 0.29) is 24.4 Å². The molecular formula is C28H48BN5O4. The molecule has 3 fully saturated rings. The zero-order chi connectivity index (χ0) is 27.9. The van der Waals surface area contributed by atoms with E-state index in [1.165, 1.54) is 0 Å². The number of pyridine rings is 1. The number of hydrogen-bond donors (Lipinski definition) is 0. The lowest BCUT2D eigenvalue weighted by Crippen LogP contribution is -2.59. The Hall–Kier alpha value is -1.88. The minimum absolute atomic E-state index is 0.202. The maximum Gasteiger partial charge on any atom is 0.495 e. The number of rotatable bonds is 5. The first-order chi connectivity index (χ1) is 17.6. The van der Waals surface area contributed by atoms with Crippen molar-refractivity contribution in [2.45, 2.75) is 91.2 Å². The zero-order valence-electron chi connectivity index (χ0n) is 25.0. The largest absolute Gasteiger partial charge is 0.495 e. The van der Waals surface area contributed by atoms with Crippen LogP contribution in [0.5, 0.6) is 0 Å². The summed E-state index contributed by atoms with van der Waals surface area (Å²) >= 11 is 0. The number of nitrogens with zero attached hydrogens (tertiary/aromatic N) is 5. The smallest absolute Gasteiger partial charge is 0.444 e. The fraction of sp³-hybridized carbons (Fsp3) is 0.786. The van der Waals surface area contributed by atoms with E-state index in [0.29, 0.717) is 12.1 Å². The van der Waals surface area contributed by atoms with Crippen molar-refractivity contribution in [2.24, 2.45) is 0 Å². The third-order valence-corrected chi connectivity index (χ3v) is 8.42. The first-order valence-corrected chi connectivity index (χ1v) is 14.2. The second-order valence-corrected chi connectivity index (χ2v) is 13.2. The van der Waals surface area contributed by atoms with Gasteiger partial charge in [-0.3, -0.25) is 9.80 Å². The molecule has 0 N–H and O–H groups in total. The second kappa shape index (κ2) is 10.9. The summed E-state index contributed by atoms with van der Waals surface area (Å²) in [5, 5.41) is 0. The molecule has 38 heavy (non-hydrogen) atoms. The molecule has 1 aromatic rings. The number of amides is 1. The van der Waals surface area contributed by atoms with Gasteiger partial charge in [-0.15, -0.1) is 0 Å². The predicted molar refractivity (Wildman–Crippen MR) is 152 cm³/mol. The van der Waals surface area contributed by atoms with Gasteiger partial charge in [-0.05, 0) is 79.9 Å². The van der Waals surface area contributed by atoms with Crippen LogP contribution >= 0.6 is 0 Å². The summed E-state index contributed by atoms with van der Waals surface area (Å²) in [4.78, 5) is 26.4. The van der Waals surface area contributed by atoms with E-state index in [0.717, 1.165) is 63.6 Å². The summed E-state index contributed by atoms with van der Waals surface area (Å²) < 4.78 is 18.1. The molecule has 0 spiro atoms. The van der Waals surface area contributed by atoms with Gasteiger partial charge in [0.1, 0.15) is 11.4 Å². The molecule has 0 saturated carbocycles. The maximum atomic E-state index is 12.4. The number of piperazine rings is 2. The molecule has 0 unspecified atom stereocenters. The first-order valence-electron chi connectivity index (χ1n) is 14.2. The Kier molecular flexibility index (Phi) is 8.39. The molecule has 0 aliphatic carbocycles. The lowest BCUT2D eigenvalue weighted by atomic mass is 9.79. The Bertz CT molecular complexity index is 948. The van der Waals surface area contributed by atoms with Crippen molar-refractivity contribution in [3.05, 3.63) is 18.3 Å². The van der Waals surface area contributed by atoms with Gasteiger partial charge in [0.25, 0.3) is 0 Å². The number of hydrogen-bond acceptors (Lipinski definition) is 8. The lowest BCUT2D eigenvalue weighted by molar-refractivity contribution is 0.00578. The summed E-state index contributed by atoms with van der Waals surface area (Å²) in [5.41, 5.74) is -0.163. The summed E-state index contributed by atoms with van der Waals surface area (Å²) in [6.45, 7) is 25.8. The van der Waals surface area contributed by atoms with Crippen LogP contribution < -0.4 is 10.4 Å². The molecule has 0 radical (unpaired) electrons. The van der Waals surface area contributed by atoms with E-state index in [4.69, 9.17) is 19.0 Å². The zero-order valence-corrected chi connectivity index (χ0v) is 25.0. The van der Waals surface area contributed by atoms with Crippen molar-refractivity contribution >= 4 is 24.5 Å². The van der Waals surface area contributed by atoms with Crippen molar-refractivity contribution in [3.63, 3.8) is 0 Å². The number of anilines is 1. The number of aromatic nitrogens is 1. The summed E-state index contributed by atoms with van der Waals surface area (Å²) in [5.74, 6) is 0.980. The molecule has 4 heterocycles. The number of carbonyl (C=O) groups is 1. The van der Waals surface area contributed by atoms with Crippen LogP contribution in [-0.2, 0) is 14.0 Å². The molecule has 0 bridgehead atoms. The highest BCUT2D eigenvalue weighted by molar-refractivity contribution is 6.62. The summed E-state index contributed by atoms with van der Waals surface area (Å²) in [7, 11) is -0.381. The van der Waals surface area contributed by atoms with E-state index in [1.54, 1.807) is 0 Å². The molecule has 212 valence electrons. The molecule has 3 aliphatic rings. The Labute approximate surface area is 229 Å². The van der Waals surface area contributed by atoms with E-state index >= 15 is 0 Å². The Morgan fingerprint density at radius 1 is 1.03 bits per heavy atom. The molecule has 3 aliphatic heterocycles. The average molecular weight is 530 g/mol. The summed E-state index contributed by atoms with van der Waals surface area (Å²) in [6.07, 6.45) is 1.67. The number of carbonyl (C=O) groups excluding carboxylic acids is 1. The van der Waals surface area contributed by atoms with Crippen LogP contribution in [0.1, 0.15) is 62.3 Å². The second-order valence-electron chi connectivity index (χ2n) is 13.2. The lowest BCUT2D eigenvalue weighted by Gasteiger charge is -2.46. The van der Waals surface area contributed by atoms with Gasteiger partial charge in [0.2, 0.25) is 0 Å². The van der Waals surface area contributed by atoms with Crippen LogP contribution in [-0.4, -0.2) is 114 Å². The Balaban J connectivity index is 1.28. The Morgan fingerprint density at radius 2 is 1.61 bits per heavy atom. The highest BCUT2D eigenvalue weighted by Crippen LogP contribution is 2.36. The molecular weight excluding hydrogens is 481 g/mol. The van der Waals surface area contributed by atoms with Gasteiger partial charge in [-0.1, -0.05) is 0 Å². The van der Waals surface area contributed by atoms with E-state index < -0.39 is 5.60 Å². The van der Waals surface area contributed by atoms with Gasteiger partial charge >= 0.3 is 13.2 Å². The van der Waals surface area contributed by atoms with E-state index in [2.05, 4.69) is 62.3 Å². The van der Waals surface area contributed by atoms with Crippen molar-refractivity contribution < 1.29 is 18.8 Å². The fourth-order valence-corrected chi connectivity index (χ4v) is 5.45. The summed E-state index contributed by atoms with van der Waals surface area (Å²) in [6, 6.07) is 4.94. The quantitative estimate of drug-likeness (QED) is 0.540. The van der Waals surface area contributed by atoms with Gasteiger partial charge < -0.3 is 23.8 Å². The third-order valence-electron chi connectivity index (χ3n) is 8.42. The molecule has 1 amide bonds. The van der Waals surface area contributed by atoms with Crippen molar-refractivity contribution in [1.29, 1.82) is 0 Å². The molecule has 0 aromatic carbocycles. The minimum atomic E-state index is -0.453. The van der Waals surface area contributed by atoms with Crippen LogP contribution in [0.25, 0.3) is 0 Å². The van der Waals surface area contributed by atoms with Crippen LogP contribution in [0.4, 0.5) is 10.6 Å². The van der Waals surface area contributed by atoms with E-state index in [9.17, 15) is 4.79 Å². The fourth-order valence-electron chi connectivity index (χ4n) is 5.45. The molecule has 9 nitrogen and oxygen atoms in total. The van der Waals surface area contributed by atoms with Crippen molar-refractivity contribution in [1.82, 2.24) is 19.7 Å².